The molecule has 0 saturated heterocycles. The van der Waals surface area contributed by atoms with Crippen molar-refractivity contribution < 1.29 is 4.68 Å². The molecule has 25 heavy (non-hydrogen) atoms. The number of aromatic nitrogens is 1. The first-order chi connectivity index (χ1) is 12.3. The van der Waals surface area contributed by atoms with Gasteiger partial charge in [0.25, 0.3) is 0 Å². The fraction of sp³-hybridized carbons (Fsp3) is 0. The van der Waals surface area contributed by atoms with Crippen molar-refractivity contribution in [1.29, 1.82) is 0 Å². The second-order valence-electron chi connectivity index (χ2n) is 5.95. The van der Waals surface area contributed by atoms with E-state index in [0.29, 0.717) is 0 Å². The Hall–Kier alpha value is -3.39. The van der Waals surface area contributed by atoms with E-state index in [-0.39, 0.29) is 0 Å². The van der Waals surface area contributed by atoms with Crippen molar-refractivity contribution in [2.45, 2.75) is 0 Å². The molecule has 3 aromatic carbocycles. The van der Waals surface area contributed by atoms with Crippen molar-refractivity contribution in [2.24, 2.45) is 0 Å². The summed E-state index contributed by atoms with van der Waals surface area (Å²) < 4.78 is 1.52. The zero-order chi connectivity index (χ0) is 17.1. The van der Waals surface area contributed by atoms with Crippen LogP contribution in [0.3, 0.4) is 0 Å². The molecular formula is C23H18N2. The maximum absolute atomic E-state index is 8.70. The molecule has 4 aromatic rings. The summed E-state index contributed by atoms with van der Waals surface area (Å²) in [5, 5.41) is 0. The van der Waals surface area contributed by atoms with E-state index in [4.69, 9.17) is 5.84 Å². The molecule has 1 N–H and O–H groups in total. The minimum absolute atomic E-state index is 0.876. The molecule has 0 aliphatic rings. The number of hydrogen-bond acceptors (Lipinski definition) is 0. The first-order valence-electron chi connectivity index (χ1n) is 8.31. The SMILES string of the molecule is [NH-][n+]1c(-c2ccccc2)cc(-c2ccccc2)cc1-c1ccccc1. The van der Waals surface area contributed by atoms with Crippen molar-refractivity contribution in [2.75, 3.05) is 0 Å². The average molecular weight is 322 g/mol. The topological polar surface area (TPSA) is 27.7 Å². The summed E-state index contributed by atoms with van der Waals surface area (Å²) in [6, 6.07) is 34.7. The van der Waals surface area contributed by atoms with Crippen LogP contribution in [0.4, 0.5) is 0 Å². The zero-order valence-electron chi connectivity index (χ0n) is 13.8. The molecule has 120 valence electrons. The number of benzene rings is 3. The Morgan fingerprint density at radius 2 is 0.800 bits per heavy atom. The number of pyridine rings is 1. The van der Waals surface area contributed by atoms with Crippen LogP contribution in [-0.2, 0) is 0 Å². The van der Waals surface area contributed by atoms with Crippen LogP contribution in [0.25, 0.3) is 39.5 Å². The molecule has 1 aromatic heterocycles. The third kappa shape index (κ3) is 3.02. The van der Waals surface area contributed by atoms with Gasteiger partial charge in [-0.3, -0.25) is 0 Å². The van der Waals surface area contributed by atoms with Crippen LogP contribution in [-0.4, -0.2) is 0 Å². The van der Waals surface area contributed by atoms with Crippen molar-refractivity contribution in [3.8, 4) is 33.6 Å². The molecule has 2 nitrogen and oxygen atoms in total. The number of rotatable bonds is 3. The van der Waals surface area contributed by atoms with Gasteiger partial charge in [-0.15, -0.1) is 0 Å². The Morgan fingerprint density at radius 3 is 1.20 bits per heavy atom. The van der Waals surface area contributed by atoms with Gasteiger partial charge in [-0.25, -0.2) is 4.68 Å². The molecule has 4 rings (SSSR count). The third-order valence-corrected chi connectivity index (χ3v) is 4.31. The van der Waals surface area contributed by atoms with E-state index in [9.17, 15) is 0 Å². The number of hydrogen-bond donors (Lipinski definition) is 0. The largest absolute Gasteiger partial charge is 0.448 e. The van der Waals surface area contributed by atoms with Crippen LogP contribution in [0.15, 0.2) is 103 Å². The van der Waals surface area contributed by atoms with E-state index in [0.717, 1.165) is 33.6 Å². The second kappa shape index (κ2) is 6.62. The van der Waals surface area contributed by atoms with Crippen molar-refractivity contribution >= 4 is 0 Å². The first kappa shape index (κ1) is 15.2. The van der Waals surface area contributed by atoms with E-state index < -0.39 is 0 Å². The Labute approximate surface area is 147 Å². The van der Waals surface area contributed by atoms with Crippen molar-refractivity contribution in [3.63, 3.8) is 0 Å². The minimum Gasteiger partial charge on any atom is -0.448 e. The summed E-state index contributed by atoms with van der Waals surface area (Å²) in [7, 11) is 0. The van der Waals surface area contributed by atoms with Crippen molar-refractivity contribution in [3.05, 3.63) is 109 Å². The molecule has 0 atom stereocenters. The van der Waals surface area contributed by atoms with Gasteiger partial charge in [0.05, 0.1) is 0 Å². The lowest BCUT2D eigenvalue weighted by molar-refractivity contribution is -0.582. The number of nitrogens with zero attached hydrogens (tertiary/aromatic N) is 1. The van der Waals surface area contributed by atoms with Crippen LogP contribution >= 0.6 is 0 Å². The second-order valence-corrected chi connectivity index (χ2v) is 5.95. The molecule has 1 heterocycles. The van der Waals surface area contributed by atoms with E-state index in [1.54, 1.807) is 0 Å². The maximum Gasteiger partial charge on any atom is 0.208 e. The average Bonchev–Trinajstić information content (AvgIpc) is 2.70. The summed E-state index contributed by atoms with van der Waals surface area (Å²) in [6.45, 7) is 0. The summed E-state index contributed by atoms with van der Waals surface area (Å²) in [6.07, 6.45) is 0. The molecule has 0 bridgehead atoms. The highest BCUT2D eigenvalue weighted by molar-refractivity contribution is 5.73. The maximum atomic E-state index is 8.70. The fourth-order valence-electron chi connectivity index (χ4n) is 3.04. The van der Waals surface area contributed by atoms with E-state index in [1.165, 1.54) is 4.68 Å². The van der Waals surface area contributed by atoms with Crippen LogP contribution in [0.2, 0.25) is 0 Å². The predicted octanol–water partition coefficient (Wildman–Crippen LogP) is 5.79. The summed E-state index contributed by atoms with van der Waals surface area (Å²) in [4.78, 5) is 0. The van der Waals surface area contributed by atoms with Gasteiger partial charge in [0.2, 0.25) is 11.4 Å². The lowest BCUT2D eigenvalue weighted by atomic mass is 10.00. The van der Waals surface area contributed by atoms with E-state index >= 15 is 0 Å². The highest BCUT2D eigenvalue weighted by atomic mass is 15.3. The lowest BCUT2D eigenvalue weighted by Crippen LogP contribution is -2.30. The fourth-order valence-corrected chi connectivity index (χ4v) is 3.04. The van der Waals surface area contributed by atoms with Gasteiger partial charge in [-0.2, -0.15) is 0 Å². The molecule has 0 aliphatic heterocycles. The van der Waals surface area contributed by atoms with Crippen LogP contribution < -0.4 is 4.68 Å². The van der Waals surface area contributed by atoms with Crippen LogP contribution in [0.5, 0.6) is 0 Å². The smallest absolute Gasteiger partial charge is 0.208 e. The minimum atomic E-state index is 0.876. The highest BCUT2D eigenvalue weighted by Gasteiger charge is 2.17. The van der Waals surface area contributed by atoms with Gasteiger partial charge in [-0.05, 0) is 35.4 Å². The Bertz CT molecular complexity index is 918. The van der Waals surface area contributed by atoms with Gasteiger partial charge >= 0.3 is 0 Å². The number of nitrogens with one attached hydrogen (secondary N) is 1. The molecule has 0 saturated carbocycles. The highest BCUT2D eigenvalue weighted by Crippen LogP contribution is 2.28. The van der Waals surface area contributed by atoms with Gasteiger partial charge in [0.1, 0.15) is 0 Å². The molecular weight excluding hydrogens is 304 g/mol. The summed E-state index contributed by atoms with van der Waals surface area (Å²) in [5.41, 5.74) is 6.08. The van der Waals surface area contributed by atoms with E-state index in [2.05, 4.69) is 24.3 Å². The summed E-state index contributed by atoms with van der Waals surface area (Å²) in [5.74, 6) is 8.70. The molecule has 0 fully saturated rings. The molecule has 0 amide bonds. The summed E-state index contributed by atoms with van der Waals surface area (Å²) >= 11 is 0. The Morgan fingerprint density at radius 1 is 0.440 bits per heavy atom. The molecule has 2 heteroatoms. The quantitative estimate of drug-likeness (QED) is 0.427. The monoisotopic (exact) mass is 322 g/mol. The van der Waals surface area contributed by atoms with Gasteiger partial charge < -0.3 is 5.84 Å². The van der Waals surface area contributed by atoms with Gasteiger partial charge in [0.15, 0.2) is 0 Å². The third-order valence-electron chi connectivity index (χ3n) is 4.31. The van der Waals surface area contributed by atoms with Gasteiger partial charge in [0, 0.05) is 23.3 Å². The first-order valence-corrected chi connectivity index (χ1v) is 8.31. The van der Waals surface area contributed by atoms with Crippen LogP contribution in [0, 0.1) is 0 Å². The Balaban J connectivity index is 1.98. The zero-order valence-corrected chi connectivity index (χ0v) is 13.8. The van der Waals surface area contributed by atoms with Gasteiger partial charge in [-0.1, -0.05) is 66.7 Å². The van der Waals surface area contributed by atoms with Crippen molar-refractivity contribution in [1.82, 2.24) is 0 Å². The van der Waals surface area contributed by atoms with Crippen LogP contribution in [0.1, 0.15) is 0 Å². The standard InChI is InChI=1S/C23H18N2/c24-25-22(19-12-6-2-7-13-19)16-21(18-10-4-1-5-11-18)17-23(25)20-14-8-3-9-15-20/h1-17,24H. The molecule has 0 aliphatic carbocycles. The normalized spacial score (nSPS) is 10.6. The predicted molar refractivity (Wildman–Crippen MR) is 103 cm³/mol. The van der Waals surface area contributed by atoms with E-state index in [1.807, 2.05) is 78.9 Å². The Kier molecular flexibility index (Phi) is 4.01. The molecule has 0 spiro atoms. The lowest BCUT2D eigenvalue weighted by Gasteiger charge is -2.13. The molecule has 0 unspecified atom stereocenters. The molecule has 0 radical (unpaired) electrons.